The summed E-state index contributed by atoms with van der Waals surface area (Å²) in [6, 6.07) is 6.84. The average molecular weight is 156 g/mol. The molecule has 1 aromatic rings. The van der Waals surface area contributed by atoms with Gasteiger partial charge in [0.1, 0.15) is 0 Å². The number of hydrogen-bond acceptors (Lipinski definition) is 3. The van der Waals surface area contributed by atoms with E-state index in [4.69, 9.17) is 5.26 Å². The van der Waals surface area contributed by atoms with E-state index in [1.807, 2.05) is 6.07 Å². The van der Waals surface area contributed by atoms with Crippen molar-refractivity contribution in [3.63, 3.8) is 0 Å². The Bertz CT molecular complexity index is 427. The van der Waals surface area contributed by atoms with Crippen LogP contribution in [0.25, 0.3) is 0 Å². The standard InChI is InChI=1S/C9H4N2O/c10-4-6-1-2-7-8(3-6)11-5-9(7)12/h1-3,5H. The molecule has 0 saturated heterocycles. The predicted molar refractivity (Wildman–Crippen MR) is 43.6 cm³/mol. The van der Waals surface area contributed by atoms with Gasteiger partial charge in [0.15, 0.2) is 0 Å². The number of nitrogens with zero attached hydrogens (tertiary/aromatic N) is 2. The quantitative estimate of drug-likeness (QED) is 0.570. The van der Waals surface area contributed by atoms with Crippen LogP contribution in [-0.2, 0) is 0 Å². The topological polar surface area (TPSA) is 53.2 Å². The first-order valence-electron chi connectivity index (χ1n) is 3.44. The van der Waals surface area contributed by atoms with Crippen LogP contribution in [0.1, 0.15) is 15.9 Å². The Labute approximate surface area is 69.0 Å². The van der Waals surface area contributed by atoms with Crippen LogP contribution in [0.15, 0.2) is 23.2 Å². The highest BCUT2D eigenvalue weighted by molar-refractivity contribution is 6.39. The van der Waals surface area contributed by atoms with Gasteiger partial charge < -0.3 is 0 Å². The van der Waals surface area contributed by atoms with Crippen LogP contribution in [0.4, 0.5) is 5.69 Å². The highest BCUT2D eigenvalue weighted by atomic mass is 16.1. The number of nitriles is 1. The number of carbonyl (C=O) groups is 1. The molecule has 1 aromatic carbocycles. The molecule has 0 bridgehead atoms. The lowest BCUT2D eigenvalue weighted by Gasteiger charge is -1.93. The molecule has 0 saturated carbocycles. The van der Waals surface area contributed by atoms with E-state index in [0.717, 1.165) is 0 Å². The molecular formula is C9H4N2O. The number of aliphatic imine (C=N–C) groups is 1. The Balaban J connectivity index is 2.64. The monoisotopic (exact) mass is 156 g/mol. The Kier molecular flexibility index (Phi) is 1.28. The summed E-state index contributed by atoms with van der Waals surface area (Å²) in [4.78, 5) is 14.9. The van der Waals surface area contributed by atoms with Crippen molar-refractivity contribution in [1.29, 1.82) is 5.26 Å². The molecule has 1 aliphatic rings. The zero-order valence-corrected chi connectivity index (χ0v) is 6.11. The van der Waals surface area contributed by atoms with Crippen molar-refractivity contribution < 1.29 is 4.79 Å². The maximum atomic E-state index is 11.0. The van der Waals surface area contributed by atoms with Gasteiger partial charge in [0, 0.05) is 5.56 Å². The predicted octanol–water partition coefficient (Wildman–Crippen LogP) is 1.46. The second-order valence-corrected chi connectivity index (χ2v) is 2.47. The molecule has 0 N–H and O–H groups in total. The summed E-state index contributed by atoms with van der Waals surface area (Å²) in [6.45, 7) is 0. The second-order valence-electron chi connectivity index (χ2n) is 2.47. The van der Waals surface area contributed by atoms with Crippen molar-refractivity contribution in [2.45, 2.75) is 0 Å². The molecular weight excluding hydrogens is 152 g/mol. The number of ketones is 1. The fourth-order valence-electron chi connectivity index (χ4n) is 1.11. The van der Waals surface area contributed by atoms with E-state index in [1.54, 1.807) is 18.2 Å². The molecule has 0 atom stereocenters. The van der Waals surface area contributed by atoms with Crippen molar-refractivity contribution in [3.05, 3.63) is 29.3 Å². The number of benzene rings is 1. The van der Waals surface area contributed by atoms with Crippen molar-refractivity contribution in [3.8, 4) is 6.07 Å². The first-order chi connectivity index (χ1) is 5.81. The molecule has 3 nitrogen and oxygen atoms in total. The lowest BCUT2D eigenvalue weighted by Crippen LogP contribution is -1.93. The molecule has 1 heterocycles. The fraction of sp³-hybridized carbons (Fsp3) is 0. The van der Waals surface area contributed by atoms with Gasteiger partial charge in [0.05, 0.1) is 23.5 Å². The molecule has 0 unspecified atom stereocenters. The molecule has 0 spiro atoms. The minimum absolute atomic E-state index is 0.0884. The van der Waals surface area contributed by atoms with E-state index in [0.29, 0.717) is 16.8 Å². The third-order valence-corrected chi connectivity index (χ3v) is 1.71. The summed E-state index contributed by atoms with van der Waals surface area (Å²) >= 11 is 0. The van der Waals surface area contributed by atoms with Gasteiger partial charge in [-0.1, -0.05) is 0 Å². The molecule has 0 aliphatic carbocycles. The van der Waals surface area contributed by atoms with Crippen molar-refractivity contribution in [2.75, 3.05) is 0 Å². The Morgan fingerprint density at radius 1 is 1.42 bits per heavy atom. The average Bonchev–Trinajstić information content (AvgIpc) is 2.47. The van der Waals surface area contributed by atoms with E-state index < -0.39 is 0 Å². The third-order valence-electron chi connectivity index (χ3n) is 1.71. The largest absolute Gasteiger partial charge is 0.287 e. The lowest BCUT2D eigenvalue weighted by atomic mass is 10.1. The molecule has 0 amide bonds. The summed E-state index contributed by atoms with van der Waals surface area (Å²) in [5, 5.41) is 8.55. The van der Waals surface area contributed by atoms with E-state index in [1.165, 1.54) is 6.21 Å². The van der Waals surface area contributed by atoms with Gasteiger partial charge >= 0.3 is 0 Å². The number of hydrogen-bond donors (Lipinski definition) is 0. The van der Waals surface area contributed by atoms with Crippen molar-refractivity contribution in [2.24, 2.45) is 4.99 Å². The Morgan fingerprint density at radius 3 is 3.00 bits per heavy atom. The lowest BCUT2D eigenvalue weighted by molar-refractivity contribution is 0.107. The maximum Gasteiger partial charge on any atom is 0.206 e. The van der Waals surface area contributed by atoms with Gasteiger partial charge in [-0.2, -0.15) is 5.26 Å². The first kappa shape index (κ1) is 6.74. The highest BCUT2D eigenvalue weighted by Gasteiger charge is 2.14. The van der Waals surface area contributed by atoms with E-state index in [9.17, 15) is 4.79 Å². The molecule has 0 fully saturated rings. The molecule has 1 aliphatic heterocycles. The number of fused-ring (bicyclic) bond motifs is 1. The zero-order chi connectivity index (χ0) is 8.55. The third kappa shape index (κ3) is 0.823. The molecule has 12 heavy (non-hydrogen) atoms. The normalized spacial score (nSPS) is 12.8. The maximum absolute atomic E-state index is 11.0. The van der Waals surface area contributed by atoms with Gasteiger partial charge in [-0.25, -0.2) is 0 Å². The van der Waals surface area contributed by atoms with Crippen LogP contribution in [0.5, 0.6) is 0 Å². The van der Waals surface area contributed by atoms with Crippen LogP contribution in [0, 0.1) is 11.3 Å². The smallest absolute Gasteiger partial charge is 0.206 e. The van der Waals surface area contributed by atoms with Crippen LogP contribution >= 0.6 is 0 Å². The van der Waals surface area contributed by atoms with Crippen molar-refractivity contribution in [1.82, 2.24) is 0 Å². The van der Waals surface area contributed by atoms with Gasteiger partial charge in [-0.05, 0) is 18.2 Å². The van der Waals surface area contributed by atoms with E-state index in [2.05, 4.69) is 4.99 Å². The van der Waals surface area contributed by atoms with Crippen LogP contribution in [0.3, 0.4) is 0 Å². The summed E-state index contributed by atoms with van der Waals surface area (Å²) in [5.41, 5.74) is 1.70. The summed E-state index contributed by atoms with van der Waals surface area (Å²) in [6.07, 6.45) is 1.27. The van der Waals surface area contributed by atoms with E-state index in [-0.39, 0.29) is 5.78 Å². The number of carbonyl (C=O) groups excluding carboxylic acids is 1. The summed E-state index contributed by atoms with van der Waals surface area (Å²) < 4.78 is 0. The molecule has 0 aromatic heterocycles. The van der Waals surface area contributed by atoms with Crippen LogP contribution in [-0.4, -0.2) is 12.0 Å². The first-order valence-corrected chi connectivity index (χ1v) is 3.44. The van der Waals surface area contributed by atoms with Crippen molar-refractivity contribution >= 4 is 17.7 Å². The highest BCUT2D eigenvalue weighted by Crippen LogP contribution is 2.24. The zero-order valence-electron chi connectivity index (χ0n) is 6.11. The van der Waals surface area contributed by atoms with Gasteiger partial charge in [0.25, 0.3) is 0 Å². The fourth-order valence-corrected chi connectivity index (χ4v) is 1.11. The van der Waals surface area contributed by atoms with Crippen LogP contribution < -0.4 is 0 Å². The SMILES string of the molecule is N#Cc1ccc2c(c1)N=CC2=O. The Hall–Kier alpha value is -1.95. The van der Waals surface area contributed by atoms with Gasteiger partial charge in [-0.15, -0.1) is 0 Å². The molecule has 2 rings (SSSR count). The van der Waals surface area contributed by atoms with E-state index >= 15 is 0 Å². The van der Waals surface area contributed by atoms with Gasteiger partial charge in [0.2, 0.25) is 5.78 Å². The molecule has 0 radical (unpaired) electrons. The summed E-state index contributed by atoms with van der Waals surface area (Å²) in [5.74, 6) is -0.0884. The second kappa shape index (κ2) is 2.28. The van der Waals surface area contributed by atoms with Gasteiger partial charge in [-0.3, -0.25) is 9.79 Å². The number of Topliss-reactive ketones (excluding diaryl/α,β-unsaturated/α-hetero) is 1. The Morgan fingerprint density at radius 2 is 2.25 bits per heavy atom. The van der Waals surface area contributed by atoms with Crippen LogP contribution in [0.2, 0.25) is 0 Å². The molecule has 56 valence electrons. The number of rotatable bonds is 0. The molecule has 3 heteroatoms. The minimum Gasteiger partial charge on any atom is -0.287 e. The summed E-state index contributed by atoms with van der Waals surface area (Å²) in [7, 11) is 0. The minimum atomic E-state index is -0.0884.